The highest BCUT2D eigenvalue weighted by molar-refractivity contribution is 9.10. The van der Waals surface area contributed by atoms with E-state index in [1.807, 2.05) is 0 Å². The van der Waals surface area contributed by atoms with E-state index in [4.69, 9.17) is 14.2 Å². The molecule has 5 nitrogen and oxygen atoms in total. The maximum absolute atomic E-state index is 13.2. The molecule has 1 aliphatic rings. The van der Waals surface area contributed by atoms with Crippen molar-refractivity contribution in [1.29, 1.82) is 0 Å². The predicted octanol–water partition coefficient (Wildman–Crippen LogP) is 4.50. The van der Waals surface area contributed by atoms with Crippen molar-refractivity contribution in [3.8, 4) is 11.6 Å². The summed E-state index contributed by atoms with van der Waals surface area (Å²) in [6.45, 7) is 0.898. The molecule has 0 spiro atoms. The van der Waals surface area contributed by atoms with Gasteiger partial charge in [-0.2, -0.15) is 0 Å². The van der Waals surface area contributed by atoms with Crippen molar-refractivity contribution in [3.63, 3.8) is 0 Å². The van der Waals surface area contributed by atoms with Crippen molar-refractivity contribution in [2.45, 2.75) is 25.4 Å². The molecular formula is C18H17BrFNO4. The summed E-state index contributed by atoms with van der Waals surface area (Å²) in [6, 6.07) is 7.20. The lowest BCUT2D eigenvalue weighted by Crippen LogP contribution is -2.26. The minimum Gasteiger partial charge on any atom is -0.459 e. The van der Waals surface area contributed by atoms with E-state index in [1.54, 1.807) is 12.1 Å². The van der Waals surface area contributed by atoms with Crippen LogP contribution in [0.25, 0.3) is 0 Å². The molecule has 1 unspecified atom stereocenters. The van der Waals surface area contributed by atoms with Crippen molar-refractivity contribution >= 4 is 21.9 Å². The van der Waals surface area contributed by atoms with Crippen LogP contribution < -0.4 is 4.74 Å². The van der Waals surface area contributed by atoms with Crippen molar-refractivity contribution in [2.24, 2.45) is 0 Å². The molecule has 1 aromatic carbocycles. The topological polar surface area (TPSA) is 57.7 Å². The number of nitrogens with zero attached hydrogens (tertiary/aromatic N) is 1. The van der Waals surface area contributed by atoms with Crippen LogP contribution in [0.1, 0.15) is 29.6 Å². The monoisotopic (exact) mass is 409 g/mol. The van der Waals surface area contributed by atoms with Gasteiger partial charge in [-0.25, -0.2) is 14.2 Å². The quantitative estimate of drug-likeness (QED) is 0.680. The van der Waals surface area contributed by atoms with Crippen LogP contribution in [0, 0.1) is 5.82 Å². The van der Waals surface area contributed by atoms with Crippen molar-refractivity contribution in [2.75, 3.05) is 13.2 Å². The lowest BCUT2D eigenvalue weighted by atomic mass is 10.1. The number of carbonyl (C=O) groups excluding carboxylic acids is 1. The standard InChI is InChI=1S/C18H17BrFNO4/c19-15-10-12(20)6-7-16(15)25-17-14(5-3-8-21-17)18(22)24-11-13-4-1-2-9-23-13/h3,5-8,10,13H,1-2,4,9,11H2. The molecule has 0 amide bonds. The highest BCUT2D eigenvalue weighted by Gasteiger charge is 2.20. The number of rotatable bonds is 5. The molecule has 132 valence electrons. The van der Waals surface area contributed by atoms with Crippen LogP contribution in [0.4, 0.5) is 4.39 Å². The van der Waals surface area contributed by atoms with E-state index in [0.717, 1.165) is 19.3 Å². The Morgan fingerprint density at radius 2 is 2.24 bits per heavy atom. The summed E-state index contributed by atoms with van der Waals surface area (Å²) in [6.07, 6.45) is 4.43. The summed E-state index contributed by atoms with van der Waals surface area (Å²) in [7, 11) is 0. The van der Waals surface area contributed by atoms with Gasteiger partial charge in [0.05, 0.1) is 10.6 Å². The van der Waals surface area contributed by atoms with E-state index in [1.165, 1.54) is 24.4 Å². The Kier molecular flexibility index (Phi) is 5.99. The van der Waals surface area contributed by atoms with E-state index < -0.39 is 11.8 Å². The number of benzene rings is 1. The second-order valence-electron chi connectivity index (χ2n) is 5.62. The molecular weight excluding hydrogens is 393 g/mol. The minimum atomic E-state index is -0.532. The molecule has 0 radical (unpaired) electrons. The number of hydrogen-bond donors (Lipinski definition) is 0. The Labute approximate surface area is 153 Å². The first kappa shape index (κ1) is 17.8. The summed E-state index contributed by atoms with van der Waals surface area (Å²) in [4.78, 5) is 16.5. The summed E-state index contributed by atoms with van der Waals surface area (Å²) in [5, 5.41) is 0. The summed E-state index contributed by atoms with van der Waals surface area (Å²) in [5.41, 5.74) is 0.203. The predicted molar refractivity (Wildman–Crippen MR) is 92.3 cm³/mol. The van der Waals surface area contributed by atoms with Gasteiger partial charge in [-0.05, 0) is 65.5 Å². The van der Waals surface area contributed by atoms with Gasteiger partial charge >= 0.3 is 5.97 Å². The van der Waals surface area contributed by atoms with Gasteiger partial charge in [-0.3, -0.25) is 0 Å². The highest BCUT2D eigenvalue weighted by atomic mass is 79.9. The Morgan fingerprint density at radius 3 is 3.00 bits per heavy atom. The molecule has 1 aromatic heterocycles. The van der Waals surface area contributed by atoms with Crippen LogP contribution in [0.2, 0.25) is 0 Å². The third-order valence-corrected chi connectivity index (χ3v) is 4.39. The smallest absolute Gasteiger partial charge is 0.343 e. The van der Waals surface area contributed by atoms with Crippen LogP contribution in [-0.2, 0) is 9.47 Å². The second-order valence-corrected chi connectivity index (χ2v) is 6.47. The number of hydrogen-bond acceptors (Lipinski definition) is 5. The van der Waals surface area contributed by atoms with Gasteiger partial charge in [0, 0.05) is 12.8 Å². The van der Waals surface area contributed by atoms with E-state index in [9.17, 15) is 9.18 Å². The van der Waals surface area contributed by atoms with Gasteiger partial charge in [-0.1, -0.05) is 0 Å². The van der Waals surface area contributed by atoms with Gasteiger partial charge in [0.15, 0.2) is 0 Å². The maximum atomic E-state index is 13.2. The molecule has 2 aromatic rings. The molecule has 0 saturated carbocycles. The lowest BCUT2D eigenvalue weighted by molar-refractivity contribution is -0.0301. The van der Waals surface area contributed by atoms with Crippen LogP contribution in [0.3, 0.4) is 0 Å². The van der Waals surface area contributed by atoms with E-state index in [0.29, 0.717) is 16.8 Å². The molecule has 2 heterocycles. The maximum Gasteiger partial charge on any atom is 0.343 e. The number of carbonyl (C=O) groups is 1. The van der Waals surface area contributed by atoms with Crippen LogP contribution in [0.5, 0.6) is 11.6 Å². The van der Waals surface area contributed by atoms with Gasteiger partial charge in [0.2, 0.25) is 5.88 Å². The van der Waals surface area contributed by atoms with Crippen molar-refractivity contribution < 1.29 is 23.4 Å². The molecule has 0 N–H and O–H groups in total. The first-order valence-corrected chi connectivity index (χ1v) is 8.79. The summed E-state index contributed by atoms with van der Waals surface area (Å²) < 4.78 is 30.2. The van der Waals surface area contributed by atoms with Gasteiger partial charge < -0.3 is 14.2 Å². The first-order chi connectivity index (χ1) is 12.1. The SMILES string of the molecule is O=C(OCC1CCCCO1)c1cccnc1Oc1ccc(F)cc1Br. The zero-order valence-corrected chi connectivity index (χ0v) is 15.0. The van der Waals surface area contributed by atoms with Crippen LogP contribution in [0.15, 0.2) is 41.0 Å². The average Bonchev–Trinajstić information content (AvgIpc) is 2.63. The third kappa shape index (κ3) is 4.76. The van der Waals surface area contributed by atoms with Gasteiger partial charge in [-0.15, -0.1) is 0 Å². The van der Waals surface area contributed by atoms with E-state index >= 15 is 0 Å². The Morgan fingerprint density at radius 1 is 1.36 bits per heavy atom. The van der Waals surface area contributed by atoms with Gasteiger partial charge in [0.25, 0.3) is 0 Å². The second kappa shape index (κ2) is 8.40. The molecule has 1 fully saturated rings. The van der Waals surface area contributed by atoms with Crippen molar-refractivity contribution in [3.05, 3.63) is 52.4 Å². The fraction of sp³-hybridized carbons (Fsp3) is 0.333. The fourth-order valence-electron chi connectivity index (χ4n) is 2.47. The molecule has 25 heavy (non-hydrogen) atoms. The molecule has 3 rings (SSSR count). The van der Waals surface area contributed by atoms with E-state index in [-0.39, 0.29) is 24.2 Å². The van der Waals surface area contributed by atoms with Crippen molar-refractivity contribution in [1.82, 2.24) is 4.98 Å². The largest absolute Gasteiger partial charge is 0.459 e. The minimum absolute atomic E-state index is 0.0648. The first-order valence-electron chi connectivity index (χ1n) is 8.00. The molecule has 1 saturated heterocycles. The van der Waals surface area contributed by atoms with Crippen LogP contribution in [-0.4, -0.2) is 30.3 Å². The highest BCUT2D eigenvalue weighted by Crippen LogP contribution is 2.31. The normalized spacial score (nSPS) is 17.1. The number of esters is 1. The number of ether oxygens (including phenoxy) is 3. The number of halogens is 2. The molecule has 1 aliphatic heterocycles. The fourth-order valence-corrected chi connectivity index (χ4v) is 2.91. The van der Waals surface area contributed by atoms with Crippen LogP contribution >= 0.6 is 15.9 Å². The number of aromatic nitrogens is 1. The third-order valence-electron chi connectivity index (χ3n) is 3.77. The lowest BCUT2D eigenvalue weighted by Gasteiger charge is -2.22. The molecule has 0 bridgehead atoms. The molecule has 1 atom stereocenters. The average molecular weight is 410 g/mol. The Balaban J connectivity index is 1.70. The summed E-state index contributed by atoms with van der Waals surface area (Å²) in [5.74, 6) is -0.475. The zero-order valence-electron chi connectivity index (χ0n) is 13.4. The molecule has 0 aliphatic carbocycles. The Hall–Kier alpha value is -1.99. The number of pyridine rings is 1. The van der Waals surface area contributed by atoms with E-state index in [2.05, 4.69) is 20.9 Å². The van der Waals surface area contributed by atoms with Gasteiger partial charge in [0.1, 0.15) is 23.7 Å². The zero-order chi connectivity index (χ0) is 17.6. The summed E-state index contributed by atoms with van der Waals surface area (Å²) >= 11 is 3.22. The Bertz CT molecular complexity index is 750. The molecule has 7 heteroatoms.